The molecule has 100 valence electrons. The third-order valence-electron chi connectivity index (χ3n) is 3.64. The van der Waals surface area contributed by atoms with Gasteiger partial charge in [0, 0.05) is 11.9 Å². The highest BCUT2D eigenvalue weighted by Gasteiger charge is 2.27. The van der Waals surface area contributed by atoms with Crippen molar-refractivity contribution >= 4 is 17.5 Å². The van der Waals surface area contributed by atoms with Crippen molar-refractivity contribution < 1.29 is 0 Å². The molecule has 1 aliphatic rings. The van der Waals surface area contributed by atoms with E-state index in [1.165, 1.54) is 12.8 Å². The smallest absolute Gasteiger partial charge is 0.247 e. The third-order valence-corrected chi connectivity index (χ3v) is 4.04. The van der Waals surface area contributed by atoms with Gasteiger partial charge in [0.2, 0.25) is 5.95 Å². The van der Waals surface area contributed by atoms with Gasteiger partial charge >= 0.3 is 0 Å². The van der Waals surface area contributed by atoms with Crippen LogP contribution in [0.1, 0.15) is 19.3 Å². The number of tetrazole rings is 1. The number of anilines is 1. The van der Waals surface area contributed by atoms with Gasteiger partial charge in [-0.15, -0.1) is 11.6 Å². The van der Waals surface area contributed by atoms with Crippen LogP contribution in [0.25, 0.3) is 5.69 Å². The molecular weight excluding hydrogens is 262 g/mol. The number of benzene rings is 1. The highest BCUT2D eigenvalue weighted by molar-refractivity contribution is 6.18. The highest BCUT2D eigenvalue weighted by Crippen LogP contribution is 2.29. The second-order valence-electron chi connectivity index (χ2n) is 4.85. The lowest BCUT2D eigenvalue weighted by Gasteiger charge is -2.18. The van der Waals surface area contributed by atoms with Crippen molar-refractivity contribution in [3.63, 3.8) is 0 Å². The molecule has 2 aromatic rings. The van der Waals surface area contributed by atoms with Crippen molar-refractivity contribution in [2.45, 2.75) is 25.3 Å². The number of halogens is 1. The number of hydrogen-bond acceptors (Lipinski definition) is 4. The molecule has 1 saturated carbocycles. The van der Waals surface area contributed by atoms with E-state index in [1.54, 1.807) is 4.68 Å². The zero-order valence-electron chi connectivity index (χ0n) is 10.5. The minimum Gasteiger partial charge on any atom is -0.350 e. The molecule has 0 spiro atoms. The Morgan fingerprint density at radius 2 is 2.11 bits per heavy atom. The Labute approximate surface area is 117 Å². The lowest BCUT2D eigenvalue weighted by atomic mass is 10.1. The van der Waals surface area contributed by atoms with Gasteiger partial charge in [-0.25, -0.2) is 0 Å². The van der Waals surface area contributed by atoms with Crippen molar-refractivity contribution in [1.82, 2.24) is 20.2 Å². The van der Waals surface area contributed by atoms with E-state index in [-0.39, 0.29) is 0 Å². The first-order valence-corrected chi connectivity index (χ1v) is 7.08. The van der Waals surface area contributed by atoms with E-state index in [2.05, 4.69) is 20.8 Å². The molecule has 1 aliphatic carbocycles. The van der Waals surface area contributed by atoms with E-state index in [4.69, 9.17) is 11.6 Å². The van der Waals surface area contributed by atoms with Crippen molar-refractivity contribution in [1.29, 1.82) is 0 Å². The summed E-state index contributed by atoms with van der Waals surface area (Å²) in [4.78, 5) is 0. The number of rotatable bonds is 4. The molecule has 1 fully saturated rings. The SMILES string of the molecule is ClCC1CCCC1Nc1nnnn1-c1ccccc1. The maximum Gasteiger partial charge on any atom is 0.247 e. The highest BCUT2D eigenvalue weighted by atomic mass is 35.5. The lowest BCUT2D eigenvalue weighted by Crippen LogP contribution is -2.26. The first-order chi connectivity index (χ1) is 9.38. The van der Waals surface area contributed by atoms with Crippen LogP contribution in [-0.4, -0.2) is 32.1 Å². The topological polar surface area (TPSA) is 55.6 Å². The molecule has 3 rings (SSSR count). The van der Waals surface area contributed by atoms with Gasteiger partial charge in [-0.2, -0.15) is 4.68 Å². The van der Waals surface area contributed by atoms with E-state index >= 15 is 0 Å². The molecule has 0 radical (unpaired) electrons. The Kier molecular flexibility index (Phi) is 3.64. The van der Waals surface area contributed by atoms with Gasteiger partial charge in [-0.1, -0.05) is 29.7 Å². The summed E-state index contributed by atoms with van der Waals surface area (Å²) in [5.41, 5.74) is 0.954. The summed E-state index contributed by atoms with van der Waals surface area (Å²) in [6, 6.07) is 10.2. The quantitative estimate of drug-likeness (QED) is 0.873. The molecule has 19 heavy (non-hydrogen) atoms. The maximum absolute atomic E-state index is 6.00. The van der Waals surface area contributed by atoms with E-state index in [0.717, 1.165) is 12.1 Å². The molecule has 6 heteroatoms. The molecule has 0 bridgehead atoms. The normalized spacial score (nSPS) is 22.6. The van der Waals surface area contributed by atoms with Crippen LogP contribution in [0.5, 0.6) is 0 Å². The van der Waals surface area contributed by atoms with Crippen molar-refractivity contribution in [2.24, 2.45) is 5.92 Å². The molecule has 2 unspecified atom stereocenters. The van der Waals surface area contributed by atoms with Crippen LogP contribution in [0.15, 0.2) is 30.3 Å². The predicted molar refractivity (Wildman–Crippen MR) is 74.6 cm³/mol. The van der Waals surface area contributed by atoms with Gasteiger partial charge in [-0.05, 0) is 41.3 Å². The van der Waals surface area contributed by atoms with E-state index in [1.807, 2.05) is 30.3 Å². The number of alkyl halides is 1. The van der Waals surface area contributed by atoms with Crippen LogP contribution < -0.4 is 5.32 Å². The molecule has 0 aliphatic heterocycles. The van der Waals surface area contributed by atoms with Crippen LogP contribution >= 0.6 is 11.6 Å². The second-order valence-corrected chi connectivity index (χ2v) is 5.15. The molecule has 1 heterocycles. The Morgan fingerprint density at radius 3 is 2.89 bits per heavy atom. The summed E-state index contributed by atoms with van der Waals surface area (Å²) in [5.74, 6) is 1.88. The van der Waals surface area contributed by atoms with Gasteiger partial charge in [0.1, 0.15) is 0 Å². The van der Waals surface area contributed by atoms with Crippen LogP contribution in [-0.2, 0) is 0 Å². The zero-order valence-corrected chi connectivity index (χ0v) is 11.3. The number of hydrogen-bond donors (Lipinski definition) is 1. The number of nitrogens with zero attached hydrogens (tertiary/aromatic N) is 4. The Hall–Kier alpha value is -1.62. The molecule has 1 N–H and O–H groups in total. The summed E-state index contributed by atoms with van der Waals surface area (Å²) in [6.07, 6.45) is 3.51. The number of para-hydroxylation sites is 1. The van der Waals surface area contributed by atoms with Crippen molar-refractivity contribution in [3.8, 4) is 5.69 Å². The Morgan fingerprint density at radius 1 is 1.26 bits per heavy atom. The molecule has 5 nitrogen and oxygen atoms in total. The first-order valence-electron chi connectivity index (χ1n) is 6.55. The van der Waals surface area contributed by atoms with Crippen LogP contribution in [0.2, 0.25) is 0 Å². The average Bonchev–Trinajstić information content (AvgIpc) is 3.09. The van der Waals surface area contributed by atoms with Gasteiger partial charge in [0.15, 0.2) is 0 Å². The molecule has 2 atom stereocenters. The molecule has 1 aromatic carbocycles. The molecule has 1 aromatic heterocycles. The van der Waals surface area contributed by atoms with E-state index in [0.29, 0.717) is 23.8 Å². The monoisotopic (exact) mass is 277 g/mol. The summed E-state index contributed by atoms with van der Waals surface area (Å²) in [7, 11) is 0. The van der Waals surface area contributed by atoms with Crippen LogP contribution in [0.4, 0.5) is 5.95 Å². The zero-order chi connectivity index (χ0) is 13.1. The van der Waals surface area contributed by atoms with E-state index < -0.39 is 0 Å². The van der Waals surface area contributed by atoms with Crippen molar-refractivity contribution in [3.05, 3.63) is 30.3 Å². The molecular formula is C13H16ClN5. The minimum atomic E-state index is 0.367. The Balaban J connectivity index is 1.81. The van der Waals surface area contributed by atoms with E-state index in [9.17, 15) is 0 Å². The largest absolute Gasteiger partial charge is 0.350 e. The maximum atomic E-state index is 6.00. The predicted octanol–water partition coefficient (Wildman–Crippen LogP) is 2.48. The number of aromatic nitrogens is 4. The standard InChI is InChI=1S/C13H16ClN5/c14-9-10-5-4-8-12(10)15-13-16-17-18-19(13)11-6-2-1-3-7-11/h1-3,6-7,10,12H,4-5,8-9H2,(H,15,16,18). The summed E-state index contributed by atoms with van der Waals surface area (Å²) in [6.45, 7) is 0. The van der Waals surface area contributed by atoms with Gasteiger partial charge < -0.3 is 5.32 Å². The summed E-state index contributed by atoms with van der Waals surface area (Å²) < 4.78 is 1.73. The average molecular weight is 278 g/mol. The Bertz CT molecular complexity index is 527. The van der Waals surface area contributed by atoms with Gasteiger partial charge in [0.05, 0.1) is 5.69 Å². The minimum absolute atomic E-state index is 0.367. The van der Waals surface area contributed by atoms with Crippen LogP contribution in [0, 0.1) is 5.92 Å². The second kappa shape index (κ2) is 5.57. The fourth-order valence-electron chi connectivity index (χ4n) is 2.60. The summed E-state index contributed by atoms with van der Waals surface area (Å²) in [5, 5.41) is 15.3. The van der Waals surface area contributed by atoms with Crippen molar-refractivity contribution in [2.75, 3.05) is 11.2 Å². The van der Waals surface area contributed by atoms with Gasteiger partial charge in [-0.3, -0.25) is 0 Å². The summed E-state index contributed by atoms with van der Waals surface area (Å²) >= 11 is 6.00. The fraction of sp³-hybridized carbons (Fsp3) is 0.462. The number of nitrogens with one attached hydrogen (secondary N) is 1. The third kappa shape index (κ3) is 2.56. The molecule has 0 saturated heterocycles. The fourth-order valence-corrected chi connectivity index (χ4v) is 2.97. The first kappa shape index (κ1) is 12.4. The lowest BCUT2D eigenvalue weighted by molar-refractivity contribution is 0.557. The molecule has 0 amide bonds. The van der Waals surface area contributed by atoms with Crippen LogP contribution in [0.3, 0.4) is 0 Å². The van der Waals surface area contributed by atoms with Gasteiger partial charge in [0.25, 0.3) is 0 Å².